The summed E-state index contributed by atoms with van der Waals surface area (Å²) < 4.78 is 5.46. The molecule has 5 nitrogen and oxygen atoms in total. The highest BCUT2D eigenvalue weighted by molar-refractivity contribution is 5.66. The van der Waals surface area contributed by atoms with Crippen molar-refractivity contribution in [2.45, 2.75) is 33.1 Å². The lowest BCUT2D eigenvalue weighted by molar-refractivity contribution is 0.306. The Morgan fingerprint density at radius 2 is 2.24 bits per heavy atom. The predicted octanol–water partition coefficient (Wildman–Crippen LogP) is 2.06. The molecule has 0 atom stereocenters. The van der Waals surface area contributed by atoms with Gasteiger partial charge in [-0.15, -0.1) is 0 Å². The highest BCUT2D eigenvalue weighted by Gasteiger charge is 2.37. The third-order valence-electron chi connectivity index (χ3n) is 3.08. The van der Waals surface area contributed by atoms with E-state index in [-0.39, 0.29) is 0 Å². The van der Waals surface area contributed by atoms with Crippen molar-refractivity contribution in [3.63, 3.8) is 0 Å². The van der Waals surface area contributed by atoms with Crippen molar-refractivity contribution in [3.8, 4) is 5.88 Å². The Balaban J connectivity index is 2.00. The third kappa shape index (κ3) is 2.99. The van der Waals surface area contributed by atoms with Crippen molar-refractivity contribution in [2.75, 3.05) is 24.2 Å². The average molecular weight is 236 g/mol. The molecule has 1 fully saturated rings. The Bertz CT molecular complexity index is 390. The summed E-state index contributed by atoms with van der Waals surface area (Å²) in [6.45, 7) is 5.83. The van der Waals surface area contributed by atoms with Crippen molar-refractivity contribution in [1.82, 2.24) is 9.97 Å². The molecule has 0 aliphatic heterocycles. The zero-order chi connectivity index (χ0) is 12.3. The van der Waals surface area contributed by atoms with E-state index in [1.165, 1.54) is 19.2 Å². The smallest absolute Gasteiger partial charge is 0.242 e. The molecule has 2 rings (SSSR count). The van der Waals surface area contributed by atoms with Crippen molar-refractivity contribution >= 4 is 11.5 Å². The molecule has 0 spiro atoms. The summed E-state index contributed by atoms with van der Waals surface area (Å²) in [7, 11) is 0. The van der Waals surface area contributed by atoms with Gasteiger partial charge in [-0.1, -0.05) is 13.8 Å². The van der Waals surface area contributed by atoms with Crippen molar-refractivity contribution in [2.24, 2.45) is 5.41 Å². The molecule has 0 unspecified atom stereocenters. The number of nitrogens with two attached hydrogens (primary N) is 1. The normalized spacial score (nSPS) is 16.6. The first kappa shape index (κ1) is 12.0. The number of nitrogen functional groups attached to an aromatic ring is 1. The van der Waals surface area contributed by atoms with Crippen LogP contribution in [0.5, 0.6) is 5.88 Å². The summed E-state index contributed by atoms with van der Waals surface area (Å²) >= 11 is 0. The van der Waals surface area contributed by atoms with E-state index < -0.39 is 0 Å². The van der Waals surface area contributed by atoms with E-state index in [9.17, 15) is 0 Å². The van der Waals surface area contributed by atoms with Crippen molar-refractivity contribution in [3.05, 3.63) is 6.33 Å². The fourth-order valence-corrected chi connectivity index (χ4v) is 1.52. The summed E-state index contributed by atoms with van der Waals surface area (Å²) in [5.74, 6) is 1.16. The molecule has 0 saturated heterocycles. The van der Waals surface area contributed by atoms with Crippen LogP contribution < -0.4 is 15.8 Å². The van der Waals surface area contributed by atoms with Crippen LogP contribution in [-0.2, 0) is 0 Å². The zero-order valence-corrected chi connectivity index (χ0v) is 10.5. The number of aromatic nitrogens is 2. The molecule has 1 aromatic rings. The van der Waals surface area contributed by atoms with Crippen LogP contribution in [0, 0.1) is 5.41 Å². The lowest BCUT2D eigenvalue weighted by Crippen LogP contribution is -2.15. The van der Waals surface area contributed by atoms with E-state index in [2.05, 4.69) is 22.2 Å². The minimum Gasteiger partial charge on any atom is -0.476 e. The van der Waals surface area contributed by atoms with Crippen LogP contribution in [0.15, 0.2) is 6.33 Å². The van der Waals surface area contributed by atoms with Crippen LogP contribution >= 0.6 is 0 Å². The Hall–Kier alpha value is -1.52. The van der Waals surface area contributed by atoms with Gasteiger partial charge in [0.15, 0.2) is 5.82 Å². The molecule has 0 radical (unpaired) electrons. The number of anilines is 2. The first-order valence-corrected chi connectivity index (χ1v) is 6.12. The molecule has 1 aromatic heterocycles. The quantitative estimate of drug-likeness (QED) is 0.791. The Morgan fingerprint density at radius 3 is 2.88 bits per heavy atom. The summed E-state index contributed by atoms with van der Waals surface area (Å²) in [5.41, 5.74) is 6.88. The summed E-state index contributed by atoms with van der Waals surface area (Å²) in [5, 5.41) is 3.28. The third-order valence-corrected chi connectivity index (χ3v) is 3.08. The number of nitrogens with zero attached hydrogens (tertiary/aromatic N) is 2. The van der Waals surface area contributed by atoms with Gasteiger partial charge in [0.2, 0.25) is 5.88 Å². The number of hydrogen-bond donors (Lipinski definition) is 2. The monoisotopic (exact) mass is 236 g/mol. The van der Waals surface area contributed by atoms with Gasteiger partial charge in [-0.25, -0.2) is 4.98 Å². The van der Waals surface area contributed by atoms with E-state index >= 15 is 0 Å². The summed E-state index contributed by atoms with van der Waals surface area (Å²) in [6.07, 6.45) is 4.96. The molecule has 5 heteroatoms. The van der Waals surface area contributed by atoms with E-state index in [4.69, 9.17) is 10.5 Å². The van der Waals surface area contributed by atoms with Gasteiger partial charge in [-0.05, 0) is 24.7 Å². The average Bonchev–Trinajstić information content (AvgIpc) is 3.05. The van der Waals surface area contributed by atoms with Crippen molar-refractivity contribution < 1.29 is 4.74 Å². The number of ether oxygens (including phenoxy) is 1. The molecular formula is C12H20N4O. The molecule has 3 N–H and O–H groups in total. The SMILES string of the molecule is CCCOc1ncnc(NCC2(C)CC2)c1N. The van der Waals surface area contributed by atoms with Crippen molar-refractivity contribution in [1.29, 1.82) is 0 Å². The van der Waals surface area contributed by atoms with Crippen LogP contribution in [0.1, 0.15) is 33.1 Å². The minimum atomic E-state index is 0.418. The lowest BCUT2D eigenvalue weighted by atomic mass is 10.1. The highest BCUT2D eigenvalue weighted by Crippen LogP contribution is 2.45. The van der Waals surface area contributed by atoms with Crippen LogP contribution in [0.3, 0.4) is 0 Å². The van der Waals surface area contributed by atoms with Gasteiger partial charge >= 0.3 is 0 Å². The molecule has 0 bridgehead atoms. The van der Waals surface area contributed by atoms with E-state index in [1.807, 2.05) is 6.92 Å². The highest BCUT2D eigenvalue weighted by atomic mass is 16.5. The largest absolute Gasteiger partial charge is 0.476 e. The molecule has 0 amide bonds. The van der Waals surface area contributed by atoms with Crippen LogP contribution in [0.4, 0.5) is 11.5 Å². The Kier molecular flexibility index (Phi) is 3.36. The topological polar surface area (TPSA) is 73.1 Å². The summed E-state index contributed by atoms with van der Waals surface area (Å²) in [4.78, 5) is 8.19. The maximum Gasteiger partial charge on any atom is 0.242 e. The first-order chi connectivity index (χ1) is 8.14. The predicted molar refractivity (Wildman–Crippen MR) is 68.1 cm³/mol. The lowest BCUT2D eigenvalue weighted by Gasteiger charge is -2.13. The number of hydrogen-bond acceptors (Lipinski definition) is 5. The maximum atomic E-state index is 5.96. The van der Waals surface area contributed by atoms with Gasteiger partial charge in [0.25, 0.3) is 0 Å². The molecular weight excluding hydrogens is 216 g/mol. The molecule has 1 aliphatic carbocycles. The number of rotatable bonds is 6. The molecule has 1 aliphatic rings. The summed E-state index contributed by atoms with van der Waals surface area (Å²) in [6, 6.07) is 0. The van der Waals surface area contributed by atoms with Gasteiger partial charge in [-0.3, -0.25) is 0 Å². The fourth-order valence-electron chi connectivity index (χ4n) is 1.52. The maximum absolute atomic E-state index is 5.96. The van der Waals surface area contributed by atoms with E-state index in [0.717, 1.165) is 13.0 Å². The Labute approximate surface area is 102 Å². The minimum absolute atomic E-state index is 0.418. The standard InChI is InChI=1S/C12H20N4O/c1-3-6-17-11-9(13)10(15-8-16-11)14-7-12(2)4-5-12/h8H,3-7,13H2,1-2H3,(H,14,15,16). The fraction of sp³-hybridized carbons (Fsp3) is 0.667. The van der Waals surface area contributed by atoms with Gasteiger partial charge in [0.05, 0.1) is 6.61 Å². The molecule has 1 heterocycles. The van der Waals surface area contributed by atoms with E-state index in [1.54, 1.807) is 0 Å². The molecule has 1 saturated carbocycles. The number of nitrogens with one attached hydrogen (secondary N) is 1. The van der Waals surface area contributed by atoms with Crippen LogP contribution in [-0.4, -0.2) is 23.1 Å². The van der Waals surface area contributed by atoms with Gasteiger partial charge in [0.1, 0.15) is 12.0 Å². The van der Waals surface area contributed by atoms with Crippen LogP contribution in [0.2, 0.25) is 0 Å². The molecule has 0 aromatic carbocycles. The van der Waals surface area contributed by atoms with Gasteiger partial charge < -0.3 is 15.8 Å². The second-order valence-corrected chi connectivity index (χ2v) is 4.95. The van der Waals surface area contributed by atoms with Crippen LogP contribution in [0.25, 0.3) is 0 Å². The van der Waals surface area contributed by atoms with Gasteiger partial charge in [-0.2, -0.15) is 4.98 Å². The second-order valence-electron chi connectivity index (χ2n) is 4.95. The second kappa shape index (κ2) is 4.77. The zero-order valence-electron chi connectivity index (χ0n) is 10.5. The first-order valence-electron chi connectivity index (χ1n) is 6.12. The Morgan fingerprint density at radius 1 is 1.47 bits per heavy atom. The van der Waals surface area contributed by atoms with Gasteiger partial charge in [0, 0.05) is 6.54 Å². The molecule has 17 heavy (non-hydrogen) atoms. The van der Waals surface area contributed by atoms with E-state index in [0.29, 0.717) is 29.4 Å². The molecule has 94 valence electrons.